The molecule has 3 aromatic carbocycles. The summed E-state index contributed by atoms with van der Waals surface area (Å²) in [4.78, 5) is 29.3. The molecule has 0 atom stereocenters. The topological polar surface area (TPSA) is 49.9 Å². The summed E-state index contributed by atoms with van der Waals surface area (Å²) in [6, 6.07) is 25.9. The number of carbonyl (C=O) groups excluding carboxylic acids is 2. The van der Waals surface area contributed by atoms with Crippen LogP contribution in [0.15, 0.2) is 84.9 Å². The van der Waals surface area contributed by atoms with E-state index < -0.39 is 0 Å². The van der Waals surface area contributed by atoms with Crippen LogP contribution >= 0.6 is 0 Å². The summed E-state index contributed by atoms with van der Waals surface area (Å²) in [7, 11) is 0. The molecule has 0 aliphatic carbocycles. The summed E-state index contributed by atoms with van der Waals surface area (Å²) in [5.41, 5.74) is 1.20. The molecule has 1 fully saturated rings. The molecule has 4 rings (SSSR count). The highest BCUT2D eigenvalue weighted by molar-refractivity contribution is 5.97. The highest BCUT2D eigenvalue weighted by Crippen LogP contribution is 2.26. The van der Waals surface area contributed by atoms with E-state index >= 15 is 0 Å². The van der Waals surface area contributed by atoms with E-state index in [0.29, 0.717) is 48.8 Å². The Morgan fingerprint density at radius 3 is 1.79 bits per heavy atom. The number of carbonyl (C=O) groups is 2. The number of benzene rings is 3. The van der Waals surface area contributed by atoms with Gasteiger partial charge in [0.2, 0.25) is 0 Å². The van der Waals surface area contributed by atoms with Gasteiger partial charge in [-0.15, -0.1) is 0 Å². The lowest BCUT2D eigenvalue weighted by atomic mass is 10.1. The molecular weight excluding hydrogens is 364 g/mol. The predicted molar refractivity (Wildman–Crippen MR) is 111 cm³/mol. The molecule has 1 aliphatic rings. The summed E-state index contributed by atoms with van der Waals surface area (Å²) in [6.45, 7) is 2.02. The minimum atomic E-state index is -0.0802. The lowest BCUT2D eigenvalue weighted by molar-refractivity contribution is 0.0534. The van der Waals surface area contributed by atoms with Gasteiger partial charge in [0.15, 0.2) is 0 Å². The van der Waals surface area contributed by atoms with E-state index in [9.17, 15) is 9.59 Å². The van der Waals surface area contributed by atoms with Crippen molar-refractivity contribution in [1.29, 1.82) is 0 Å². The molecule has 0 saturated carbocycles. The lowest BCUT2D eigenvalue weighted by Crippen LogP contribution is -2.50. The summed E-state index contributed by atoms with van der Waals surface area (Å²) in [6.07, 6.45) is 0. The highest BCUT2D eigenvalue weighted by Gasteiger charge is 2.27. The van der Waals surface area contributed by atoms with Crippen LogP contribution in [-0.4, -0.2) is 47.8 Å². The lowest BCUT2D eigenvalue weighted by Gasteiger charge is -2.35. The van der Waals surface area contributed by atoms with E-state index in [2.05, 4.69) is 0 Å². The quantitative estimate of drug-likeness (QED) is 0.679. The van der Waals surface area contributed by atoms with Crippen LogP contribution in [0.3, 0.4) is 0 Å². The van der Waals surface area contributed by atoms with Crippen molar-refractivity contribution in [2.24, 2.45) is 0 Å². The van der Waals surface area contributed by atoms with Crippen molar-refractivity contribution in [2.45, 2.75) is 0 Å². The average Bonchev–Trinajstić information content (AvgIpc) is 2.80. The number of hydrogen-bond acceptors (Lipinski definition) is 3. The minimum absolute atomic E-state index is 0.00510. The molecular formula is C24H22N2O3. The fourth-order valence-electron chi connectivity index (χ4n) is 3.39. The fraction of sp³-hybridized carbons (Fsp3) is 0.167. The number of rotatable bonds is 4. The largest absolute Gasteiger partial charge is 0.457 e. The SMILES string of the molecule is O=C(c1ccccc1)N1CCN(C(=O)c2ccccc2Oc2ccccc2)CC1. The van der Waals surface area contributed by atoms with Crippen LogP contribution in [-0.2, 0) is 0 Å². The molecule has 3 aromatic rings. The first-order valence-corrected chi connectivity index (χ1v) is 9.68. The smallest absolute Gasteiger partial charge is 0.257 e. The van der Waals surface area contributed by atoms with E-state index in [1.54, 1.807) is 21.9 Å². The maximum atomic E-state index is 13.1. The Hall–Kier alpha value is -3.60. The Kier molecular flexibility index (Phi) is 5.56. The number of amides is 2. The minimum Gasteiger partial charge on any atom is -0.457 e. The third-order valence-corrected chi connectivity index (χ3v) is 4.96. The van der Waals surface area contributed by atoms with Crippen LogP contribution in [0.1, 0.15) is 20.7 Å². The van der Waals surface area contributed by atoms with Gasteiger partial charge in [0.1, 0.15) is 11.5 Å². The van der Waals surface area contributed by atoms with E-state index in [1.807, 2.05) is 72.8 Å². The standard InChI is InChI=1S/C24H22N2O3/c27-23(19-9-3-1-4-10-19)25-15-17-26(18-16-25)24(28)21-13-7-8-14-22(21)29-20-11-5-2-6-12-20/h1-14H,15-18H2. The maximum absolute atomic E-state index is 13.1. The Balaban J connectivity index is 1.43. The van der Waals surface area contributed by atoms with Gasteiger partial charge in [-0.1, -0.05) is 48.5 Å². The van der Waals surface area contributed by atoms with E-state index in [4.69, 9.17) is 4.74 Å². The van der Waals surface area contributed by atoms with E-state index in [-0.39, 0.29) is 11.8 Å². The Labute approximate surface area is 170 Å². The Bertz CT molecular complexity index is 981. The molecule has 1 saturated heterocycles. The maximum Gasteiger partial charge on any atom is 0.257 e. The van der Waals surface area contributed by atoms with Crippen molar-refractivity contribution in [2.75, 3.05) is 26.2 Å². The van der Waals surface area contributed by atoms with Crippen molar-refractivity contribution in [3.63, 3.8) is 0 Å². The third kappa shape index (κ3) is 4.29. The van der Waals surface area contributed by atoms with Crippen LogP contribution in [0, 0.1) is 0 Å². The first-order valence-electron chi connectivity index (χ1n) is 9.68. The Morgan fingerprint density at radius 2 is 1.14 bits per heavy atom. The molecule has 0 unspecified atom stereocenters. The molecule has 29 heavy (non-hydrogen) atoms. The molecule has 0 aromatic heterocycles. The molecule has 146 valence electrons. The first-order chi connectivity index (χ1) is 14.2. The molecule has 1 heterocycles. The monoisotopic (exact) mass is 386 g/mol. The van der Waals surface area contributed by atoms with Crippen LogP contribution in [0.25, 0.3) is 0 Å². The summed E-state index contributed by atoms with van der Waals surface area (Å²) < 4.78 is 5.93. The van der Waals surface area contributed by atoms with Crippen LogP contribution < -0.4 is 4.74 Å². The van der Waals surface area contributed by atoms with Gasteiger partial charge in [0, 0.05) is 31.7 Å². The summed E-state index contributed by atoms with van der Waals surface area (Å²) in [5.74, 6) is 1.14. The molecule has 0 bridgehead atoms. The van der Waals surface area contributed by atoms with Crippen molar-refractivity contribution >= 4 is 11.8 Å². The number of para-hydroxylation sites is 2. The van der Waals surface area contributed by atoms with Crippen molar-refractivity contribution in [3.05, 3.63) is 96.1 Å². The van der Waals surface area contributed by atoms with Gasteiger partial charge in [-0.25, -0.2) is 0 Å². The zero-order valence-corrected chi connectivity index (χ0v) is 16.0. The van der Waals surface area contributed by atoms with Gasteiger partial charge in [-0.2, -0.15) is 0 Å². The molecule has 0 spiro atoms. The van der Waals surface area contributed by atoms with Gasteiger partial charge in [-0.05, 0) is 36.4 Å². The summed E-state index contributed by atoms with van der Waals surface area (Å²) >= 11 is 0. The normalized spacial score (nSPS) is 13.8. The average molecular weight is 386 g/mol. The number of hydrogen-bond donors (Lipinski definition) is 0. The molecule has 1 aliphatic heterocycles. The molecule has 0 N–H and O–H groups in total. The van der Waals surface area contributed by atoms with Gasteiger partial charge < -0.3 is 14.5 Å². The van der Waals surface area contributed by atoms with Crippen molar-refractivity contribution < 1.29 is 14.3 Å². The van der Waals surface area contributed by atoms with E-state index in [0.717, 1.165) is 0 Å². The fourth-order valence-corrected chi connectivity index (χ4v) is 3.39. The van der Waals surface area contributed by atoms with Gasteiger partial charge >= 0.3 is 0 Å². The van der Waals surface area contributed by atoms with E-state index in [1.165, 1.54) is 0 Å². The second-order valence-electron chi connectivity index (χ2n) is 6.86. The van der Waals surface area contributed by atoms with Crippen LogP contribution in [0.5, 0.6) is 11.5 Å². The second-order valence-corrected chi connectivity index (χ2v) is 6.86. The molecule has 5 heteroatoms. The Morgan fingerprint density at radius 1 is 0.621 bits per heavy atom. The molecule has 2 amide bonds. The number of piperazine rings is 1. The third-order valence-electron chi connectivity index (χ3n) is 4.96. The zero-order valence-electron chi connectivity index (χ0n) is 16.0. The van der Waals surface area contributed by atoms with Crippen LogP contribution in [0.4, 0.5) is 0 Å². The van der Waals surface area contributed by atoms with Crippen molar-refractivity contribution in [3.8, 4) is 11.5 Å². The number of nitrogens with zero attached hydrogens (tertiary/aromatic N) is 2. The first kappa shape index (κ1) is 18.7. The van der Waals surface area contributed by atoms with Crippen LogP contribution in [0.2, 0.25) is 0 Å². The van der Waals surface area contributed by atoms with Crippen molar-refractivity contribution in [1.82, 2.24) is 9.80 Å². The zero-order chi connectivity index (χ0) is 20.1. The second kappa shape index (κ2) is 8.61. The summed E-state index contributed by atoms with van der Waals surface area (Å²) in [5, 5.41) is 0. The van der Waals surface area contributed by atoms with Gasteiger partial charge in [0.25, 0.3) is 11.8 Å². The predicted octanol–water partition coefficient (Wildman–Crippen LogP) is 4.08. The van der Waals surface area contributed by atoms with Gasteiger partial charge in [-0.3, -0.25) is 9.59 Å². The highest BCUT2D eigenvalue weighted by atomic mass is 16.5. The molecule has 5 nitrogen and oxygen atoms in total. The van der Waals surface area contributed by atoms with Gasteiger partial charge in [0.05, 0.1) is 5.56 Å². The molecule has 0 radical (unpaired) electrons. The number of ether oxygens (including phenoxy) is 1.